The first-order chi connectivity index (χ1) is 9.26. The van der Waals surface area contributed by atoms with Crippen molar-refractivity contribution >= 4 is 12.0 Å². The van der Waals surface area contributed by atoms with Crippen LogP contribution in [0.5, 0.6) is 0 Å². The summed E-state index contributed by atoms with van der Waals surface area (Å²) in [6, 6.07) is -0.522. The number of nitrogens with one attached hydrogen (secondary N) is 1. The van der Waals surface area contributed by atoms with Crippen LogP contribution in [0, 0.1) is 5.92 Å². The molecule has 0 unspecified atom stereocenters. The third kappa shape index (κ3) is 3.62. The SMILES string of the molecule is CC(C)(C)OC(=O)N[C@@H](C(=O)N1CC(O)C1)C1CCC1. The van der Waals surface area contributed by atoms with Crippen LogP contribution < -0.4 is 5.32 Å². The van der Waals surface area contributed by atoms with E-state index < -0.39 is 23.8 Å². The van der Waals surface area contributed by atoms with E-state index in [0.717, 1.165) is 19.3 Å². The number of ether oxygens (including phenoxy) is 1. The topological polar surface area (TPSA) is 78.9 Å². The van der Waals surface area contributed by atoms with Gasteiger partial charge in [-0.15, -0.1) is 0 Å². The van der Waals surface area contributed by atoms with E-state index in [9.17, 15) is 14.7 Å². The molecule has 0 aromatic heterocycles. The molecule has 1 aliphatic carbocycles. The number of β-amino-alcohol motifs (C(OH)–C–C–N with tert-alkyl or cyclic N) is 1. The number of amides is 2. The van der Waals surface area contributed by atoms with Crippen molar-refractivity contribution in [1.29, 1.82) is 0 Å². The summed E-state index contributed by atoms with van der Waals surface area (Å²) in [5.41, 5.74) is -0.579. The number of aliphatic hydroxyl groups is 1. The normalized spacial score (nSPS) is 21.7. The van der Waals surface area contributed by atoms with Crippen LogP contribution in [0.3, 0.4) is 0 Å². The molecule has 1 heterocycles. The number of nitrogens with zero attached hydrogens (tertiary/aromatic N) is 1. The van der Waals surface area contributed by atoms with Crippen molar-refractivity contribution in [2.75, 3.05) is 13.1 Å². The molecule has 0 bridgehead atoms. The fourth-order valence-corrected chi connectivity index (χ4v) is 2.42. The Balaban J connectivity index is 1.93. The molecule has 1 aliphatic heterocycles. The molecule has 20 heavy (non-hydrogen) atoms. The van der Waals surface area contributed by atoms with Crippen LogP contribution >= 0.6 is 0 Å². The molecule has 0 aromatic carbocycles. The van der Waals surface area contributed by atoms with Gasteiger partial charge in [-0.25, -0.2) is 4.79 Å². The lowest BCUT2D eigenvalue weighted by atomic mass is 9.79. The van der Waals surface area contributed by atoms with E-state index in [2.05, 4.69) is 5.32 Å². The molecule has 1 saturated carbocycles. The zero-order valence-electron chi connectivity index (χ0n) is 12.4. The summed E-state index contributed by atoms with van der Waals surface area (Å²) >= 11 is 0. The Morgan fingerprint density at radius 2 is 1.90 bits per heavy atom. The highest BCUT2D eigenvalue weighted by Crippen LogP contribution is 2.31. The Morgan fingerprint density at radius 1 is 1.30 bits per heavy atom. The average Bonchev–Trinajstić information content (AvgIpc) is 2.17. The zero-order chi connectivity index (χ0) is 14.9. The van der Waals surface area contributed by atoms with Gasteiger partial charge in [0.15, 0.2) is 0 Å². The maximum absolute atomic E-state index is 12.4. The lowest BCUT2D eigenvalue weighted by Gasteiger charge is -2.41. The summed E-state index contributed by atoms with van der Waals surface area (Å²) in [7, 11) is 0. The number of likely N-dealkylation sites (tertiary alicyclic amines) is 1. The van der Waals surface area contributed by atoms with Gasteiger partial charge in [0.05, 0.1) is 6.10 Å². The monoisotopic (exact) mass is 284 g/mol. The van der Waals surface area contributed by atoms with Crippen molar-refractivity contribution < 1.29 is 19.4 Å². The van der Waals surface area contributed by atoms with Gasteiger partial charge in [0.2, 0.25) is 5.91 Å². The van der Waals surface area contributed by atoms with Crippen molar-refractivity contribution in [2.24, 2.45) is 5.92 Å². The number of aliphatic hydroxyl groups excluding tert-OH is 1. The quantitative estimate of drug-likeness (QED) is 0.806. The molecule has 0 aromatic rings. The van der Waals surface area contributed by atoms with Crippen LogP contribution in [-0.2, 0) is 9.53 Å². The molecule has 0 spiro atoms. The molecule has 2 aliphatic rings. The minimum absolute atomic E-state index is 0.106. The highest BCUT2D eigenvalue weighted by Gasteiger charge is 2.40. The number of rotatable bonds is 3. The Kier molecular flexibility index (Phi) is 4.22. The predicted molar refractivity (Wildman–Crippen MR) is 73.1 cm³/mol. The molecule has 1 atom stereocenters. The largest absolute Gasteiger partial charge is 0.444 e. The number of alkyl carbamates (subject to hydrolysis) is 1. The standard InChI is InChI=1S/C14H24N2O4/c1-14(2,3)20-13(19)15-11(9-5-4-6-9)12(18)16-7-10(17)8-16/h9-11,17H,4-8H2,1-3H3,(H,15,19)/t11-/m1/s1. The first-order valence-electron chi connectivity index (χ1n) is 7.22. The molecule has 2 rings (SSSR count). The highest BCUT2D eigenvalue weighted by molar-refractivity contribution is 5.86. The van der Waals surface area contributed by atoms with Gasteiger partial charge in [-0.1, -0.05) is 6.42 Å². The average molecular weight is 284 g/mol. The summed E-state index contributed by atoms with van der Waals surface area (Å²) in [5, 5.41) is 12.0. The lowest BCUT2D eigenvalue weighted by molar-refractivity contribution is -0.145. The molecule has 2 amide bonds. The molecular weight excluding hydrogens is 260 g/mol. The maximum Gasteiger partial charge on any atom is 0.408 e. The van der Waals surface area contributed by atoms with Crippen LogP contribution in [0.1, 0.15) is 40.0 Å². The summed E-state index contributed by atoms with van der Waals surface area (Å²) in [6.45, 7) is 6.09. The van der Waals surface area contributed by atoms with Crippen molar-refractivity contribution in [3.63, 3.8) is 0 Å². The Morgan fingerprint density at radius 3 is 2.30 bits per heavy atom. The third-order valence-corrected chi connectivity index (χ3v) is 3.73. The second-order valence-corrected chi connectivity index (χ2v) is 6.71. The van der Waals surface area contributed by atoms with Crippen LogP contribution in [0.15, 0.2) is 0 Å². The minimum Gasteiger partial charge on any atom is -0.444 e. The number of carbonyl (C=O) groups is 2. The van der Waals surface area contributed by atoms with Crippen LogP contribution in [0.25, 0.3) is 0 Å². The van der Waals surface area contributed by atoms with Gasteiger partial charge < -0.3 is 20.1 Å². The van der Waals surface area contributed by atoms with Gasteiger partial charge in [-0.2, -0.15) is 0 Å². The predicted octanol–water partition coefficient (Wildman–Crippen LogP) is 0.883. The van der Waals surface area contributed by atoms with Gasteiger partial charge >= 0.3 is 6.09 Å². The first kappa shape index (κ1) is 15.1. The smallest absolute Gasteiger partial charge is 0.408 e. The summed E-state index contributed by atoms with van der Waals surface area (Å²) in [6.07, 6.45) is 2.00. The molecular formula is C14H24N2O4. The van der Waals surface area contributed by atoms with E-state index in [4.69, 9.17) is 4.74 Å². The van der Waals surface area contributed by atoms with E-state index >= 15 is 0 Å². The summed E-state index contributed by atoms with van der Waals surface area (Å²) in [4.78, 5) is 25.8. The Bertz CT molecular complexity index is 381. The fraction of sp³-hybridized carbons (Fsp3) is 0.857. The minimum atomic E-state index is -0.579. The number of carbonyl (C=O) groups excluding carboxylic acids is 2. The fourth-order valence-electron chi connectivity index (χ4n) is 2.42. The zero-order valence-corrected chi connectivity index (χ0v) is 12.4. The number of hydrogen-bond acceptors (Lipinski definition) is 4. The van der Waals surface area contributed by atoms with Crippen molar-refractivity contribution in [1.82, 2.24) is 10.2 Å². The second kappa shape index (κ2) is 5.60. The third-order valence-electron chi connectivity index (χ3n) is 3.73. The lowest BCUT2D eigenvalue weighted by Crippen LogP contribution is -2.61. The van der Waals surface area contributed by atoms with E-state index in [1.165, 1.54) is 0 Å². The van der Waals surface area contributed by atoms with E-state index in [1.54, 1.807) is 25.7 Å². The van der Waals surface area contributed by atoms with Crippen LogP contribution in [0.2, 0.25) is 0 Å². The van der Waals surface area contributed by atoms with Gasteiger partial charge in [-0.3, -0.25) is 4.79 Å². The summed E-state index contributed by atoms with van der Waals surface area (Å²) in [5.74, 6) is 0.0821. The van der Waals surface area contributed by atoms with E-state index in [0.29, 0.717) is 13.1 Å². The number of hydrogen-bond donors (Lipinski definition) is 2. The molecule has 0 radical (unpaired) electrons. The van der Waals surface area contributed by atoms with Crippen LogP contribution in [-0.4, -0.2) is 52.8 Å². The van der Waals surface area contributed by atoms with E-state index in [1.807, 2.05) is 0 Å². The molecule has 2 fully saturated rings. The molecule has 6 heteroatoms. The van der Waals surface area contributed by atoms with E-state index in [-0.39, 0.29) is 11.8 Å². The molecule has 2 N–H and O–H groups in total. The van der Waals surface area contributed by atoms with Gasteiger partial charge in [0.25, 0.3) is 0 Å². The first-order valence-corrected chi connectivity index (χ1v) is 7.22. The van der Waals surface area contributed by atoms with Crippen LogP contribution in [0.4, 0.5) is 4.79 Å². The molecule has 6 nitrogen and oxygen atoms in total. The van der Waals surface area contributed by atoms with Gasteiger partial charge in [0, 0.05) is 13.1 Å². The Labute approximate surface area is 119 Å². The highest BCUT2D eigenvalue weighted by atomic mass is 16.6. The maximum atomic E-state index is 12.4. The van der Waals surface area contributed by atoms with Gasteiger partial charge in [-0.05, 0) is 39.5 Å². The Hall–Kier alpha value is -1.30. The summed E-state index contributed by atoms with van der Waals surface area (Å²) < 4.78 is 5.22. The van der Waals surface area contributed by atoms with Crippen molar-refractivity contribution in [3.05, 3.63) is 0 Å². The molecule has 114 valence electrons. The van der Waals surface area contributed by atoms with Crippen molar-refractivity contribution in [2.45, 2.75) is 57.8 Å². The van der Waals surface area contributed by atoms with Gasteiger partial charge in [0.1, 0.15) is 11.6 Å². The van der Waals surface area contributed by atoms with Crippen molar-refractivity contribution in [3.8, 4) is 0 Å². The second-order valence-electron chi connectivity index (χ2n) is 6.71. The molecule has 1 saturated heterocycles.